The Balaban J connectivity index is 2.41. The highest BCUT2D eigenvalue weighted by Gasteiger charge is 2.25. The summed E-state index contributed by atoms with van der Waals surface area (Å²) in [5.41, 5.74) is 0.991. The van der Waals surface area contributed by atoms with Crippen molar-refractivity contribution < 1.29 is 22.8 Å². The molecule has 0 saturated carbocycles. The summed E-state index contributed by atoms with van der Waals surface area (Å²) in [6.45, 7) is 3.58. The lowest BCUT2D eigenvalue weighted by Crippen LogP contribution is -2.27. The lowest BCUT2D eigenvalue weighted by molar-refractivity contribution is 0.0696. The van der Waals surface area contributed by atoms with Gasteiger partial charge in [-0.2, -0.15) is 4.31 Å². The maximum atomic E-state index is 12.8. The number of benzene rings is 1. The minimum absolute atomic E-state index is 0.00242. The second kappa shape index (κ2) is 6.51. The van der Waals surface area contributed by atoms with Crippen LogP contribution in [0.25, 0.3) is 0 Å². The molecule has 2 rings (SSSR count). The molecule has 0 unspecified atom stereocenters. The van der Waals surface area contributed by atoms with E-state index in [9.17, 15) is 13.2 Å². The van der Waals surface area contributed by atoms with E-state index in [1.165, 1.54) is 25.2 Å². The van der Waals surface area contributed by atoms with Crippen molar-refractivity contribution in [1.29, 1.82) is 0 Å². The Kier molecular flexibility index (Phi) is 4.86. The average molecular weight is 338 g/mol. The first kappa shape index (κ1) is 17.2. The van der Waals surface area contributed by atoms with Gasteiger partial charge in [0.15, 0.2) is 0 Å². The lowest BCUT2D eigenvalue weighted by Gasteiger charge is -2.18. The number of carboxylic acids is 1. The summed E-state index contributed by atoms with van der Waals surface area (Å²) >= 11 is 0. The van der Waals surface area contributed by atoms with E-state index in [1.54, 1.807) is 13.0 Å². The van der Waals surface area contributed by atoms with Crippen molar-refractivity contribution in [2.75, 3.05) is 7.05 Å². The molecule has 0 radical (unpaired) electrons. The average Bonchev–Trinajstić information content (AvgIpc) is 2.91. The zero-order chi connectivity index (χ0) is 17.2. The molecule has 8 heteroatoms. The van der Waals surface area contributed by atoms with E-state index in [-0.39, 0.29) is 17.0 Å². The minimum Gasteiger partial charge on any atom is -0.478 e. The molecule has 1 N–H and O–H groups in total. The van der Waals surface area contributed by atoms with E-state index >= 15 is 0 Å². The molecule has 0 bridgehead atoms. The van der Waals surface area contributed by atoms with Crippen molar-refractivity contribution in [3.63, 3.8) is 0 Å². The first-order valence-electron chi connectivity index (χ1n) is 7.00. The molecular formula is C15H18N2O5S. The van der Waals surface area contributed by atoms with Gasteiger partial charge in [0, 0.05) is 13.1 Å². The number of aromatic carboxylic acids is 1. The van der Waals surface area contributed by atoms with Gasteiger partial charge in [-0.25, -0.2) is 13.2 Å². The summed E-state index contributed by atoms with van der Waals surface area (Å²) in [4.78, 5) is 11.1. The third-order valence-corrected chi connectivity index (χ3v) is 5.33. The zero-order valence-electron chi connectivity index (χ0n) is 13.1. The van der Waals surface area contributed by atoms with E-state index in [0.29, 0.717) is 23.4 Å². The van der Waals surface area contributed by atoms with Crippen LogP contribution in [0.1, 0.15) is 34.3 Å². The van der Waals surface area contributed by atoms with Gasteiger partial charge in [0.1, 0.15) is 5.76 Å². The molecule has 0 aliphatic carbocycles. The summed E-state index contributed by atoms with van der Waals surface area (Å²) in [7, 11) is -2.42. The van der Waals surface area contributed by atoms with Crippen LogP contribution in [-0.4, -0.2) is 36.0 Å². The first-order chi connectivity index (χ1) is 10.8. The largest absolute Gasteiger partial charge is 0.478 e. The highest BCUT2D eigenvalue weighted by atomic mass is 32.2. The second-order valence-electron chi connectivity index (χ2n) is 5.17. The quantitative estimate of drug-likeness (QED) is 0.865. The topological polar surface area (TPSA) is 101 Å². The van der Waals surface area contributed by atoms with E-state index in [2.05, 4.69) is 5.16 Å². The number of hydrogen-bond donors (Lipinski definition) is 1. The number of hydrogen-bond acceptors (Lipinski definition) is 5. The Morgan fingerprint density at radius 1 is 1.35 bits per heavy atom. The normalized spacial score (nSPS) is 11.8. The van der Waals surface area contributed by atoms with Crippen LogP contribution in [0.15, 0.2) is 33.7 Å². The highest BCUT2D eigenvalue weighted by molar-refractivity contribution is 7.89. The predicted octanol–water partition coefficient (Wildman–Crippen LogP) is 2.06. The Labute approximate surface area is 134 Å². The molecule has 7 nitrogen and oxygen atoms in total. The van der Waals surface area contributed by atoms with Gasteiger partial charge in [0.2, 0.25) is 10.0 Å². The van der Waals surface area contributed by atoms with Gasteiger partial charge in [0.05, 0.1) is 22.7 Å². The second-order valence-corrected chi connectivity index (χ2v) is 7.18. The third kappa shape index (κ3) is 3.59. The molecule has 2 aromatic rings. The summed E-state index contributed by atoms with van der Waals surface area (Å²) in [5, 5.41) is 12.9. The molecule has 1 heterocycles. The van der Waals surface area contributed by atoms with Crippen molar-refractivity contribution in [2.24, 2.45) is 0 Å². The molecule has 0 fully saturated rings. The Hall–Kier alpha value is -2.19. The van der Waals surface area contributed by atoms with Gasteiger partial charge >= 0.3 is 5.97 Å². The Morgan fingerprint density at radius 3 is 2.57 bits per heavy atom. The summed E-state index contributed by atoms with van der Waals surface area (Å²) < 4.78 is 31.6. The van der Waals surface area contributed by atoms with Crippen LogP contribution < -0.4 is 0 Å². The monoisotopic (exact) mass is 338 g/mol. The molecule has 0 amide bonds. The lowest BCUT2D eigenvalue weighted by atomic mass is 10.1. The predicted molar refractivity (Wildman–Crippen MR) is 82.7 cm³/mol. The standard InChI is InChI=1S/C15H18N2O5S/c1-4-11-5-6-12(15(18)19)8-14(11)23(20,21)17(3)9-13-7-10(2)22-16-13/h5-8H,4,9H2,1-3H3,(H,18,19). The highest BCUT2D eigenvalue weighted by Crippen LogP contribution is 2.23. The summed E-state index contributed by atoms with van der Waals surface area (Å²) in [6, 6.07) is 5.78. The smallest absolute Gasteiger partial charge is 0.335 e. The van der Waals surface area contributed by atoms with E-state index < -0.39 is 16.0 Å². The van der Waals surface area contributed by atoms with E-state index in [0.717, 1.165) is 4.31 Å². The van der Waals surface area contributed by atoms with E-state index in [1.807, 2.05) is 6.92 Å². The van der Waals surface area contributed by atoms with Gasteiger partial charge in [0.25, 0.3) is 0 Å². The van der Waals surface area contributed by atoms with Crippen molar-refractivity contribution >= 4 is 16.0 Å². The number of nitrogens with zero attached hydrogens (tertiary/aromatic N) is 2. The zero-order valence-corrected chi connectivity index (χ0v) is 13.9. The van der Waals surface area contributed by atoms with Crippen LogP contribution in [-0.2, 0) is 23.0 Å². The number of rotatable bonds is 6. The number of aryl methyl sites for hydroxylation is 2. The first-order valence-corrected chi connectivity index (χ1v) is 8.44. The van der Waals surface area contributed by atoms with Crippen LogP contribution in [0.5, 0.6) is 0 Å². The van der Waals surface area contributed by atoms with Crippen molar-refractivity contribution in [3.8, 4) is 0 Å². The van der Waals surface area contributed by atoms with Gasteiger partial charge in [-0.3, -0.25) is 0 Å². The van der Waals surface area contributed by atoms with Gasteiger partial charge in [-0.15, -0.1) is 0 Å². The van der Waals surface area contributed by atoms with E-state index in [4.69, 9.17) is 9.63 Å². The van der Waals surface area contributed by atoms with Gasteiger partial charge in [-0.1, -0.05) is 18.1 Å². The van der Waals surface area contributed by atoms with Crippen LogP contribution >= 0.6 is 0 Å². The molecule has 0 atom stereocenters. The fraction of sp³-hybridized carbons (Fsp3) is 0.333. The van der Waals surface area contributed by atoms with Gasteiger partial charge in [-0.05, 0) is 31.0 Å². The summed E-state index contributed by atoms with van der Waals surface area (Å²) in [5.74, 6) is -0.577. The fourth-order valence-electron chi connectivity index (χ4n) is 2.19. The van der Waals surface area contributed by atoms with Crippen LogP contribution in [0.4, 0.5) is 0 Å². The van der Waals surface area contributed by atoms with Crippen molar-refractivity contribution in [1.82, 2.24) is 9.46 Å². The molecule has 1 aromatic carbocycles. The SMILES string of the molecule is CCc1ccc(C(=O)O)cc1S(=O)(=O)N(C)Cc1cc(C)on1. The molecule has 0 aliphatic rings. The third-order valence-electron chi connectivity index (χ3n) is 3.44. The number of carboxylic acid groups (broad SMARTS) is 1. The molecule has 0 spiro atoms. The molecule has 0 aliphatic heterocycles. The van der Waals surface area contributed by atoms with Gasteiger partial charge < -0.3 is 9.63 Å². The maximum Gasteiger partial charge on any atom is 0.335 e. The number of carbonyl (C=O) groups is 1. The van der Waals surface area contributed by atoms with Crippen LogP contribution in [0, 0.1) is 6.92 Å². The maximum absolute atomic E-state index is 12.8. The van der Waals surface area contributed by atoms with Crippen LogP contribution in [0.3, 0.4) is 0 Å². The molecule has 1 aromatic heterocycles. The minimum atomic E-state index is -3.84. The Bertz CT molecular complexity index is 826. The Morgan fingerprint density at radius 2 is 2.04 bits per heavy atom. The molecule has 23 heavy (non-hydrogen) atoms. The molecule has 124 valence electrons. The molecular weight excluding hydrogens is 320 g/mol. The fourth-order valence-corrected chi connectivity index (χ4v) is 3.65. The molecule has 0 saturated heterocycles. The van der Waals surface area contributed by atoms with Crippen LogP contribution in [0.2, 0.25) is 0 Å². The number of sulfonamides is 1. The van der Waals surface area contributed by atoms with Crippen molar-refractivity contribution in [3.05, 3.63) is 46.8 Å². The van der Waals surface area contributed by atoms with Crippen molar-refractivity contribution in [2.45, 2.75) is 31.7 Å². The summed E-state index contributed by atoms with van der Waals surface area (Å²) in [6.07, 6.45) is 0.478. The number of aromatic nitrogens is 1.